The van der Waals surface area contributed by atoms with Gasteiger partial charge < -0.3 is 9.84 Å². The average molecular weight is 238 g/mol. The average Bonchev–Trinajstić information content (AvgIpc) is 2.15. The molecule has 88 valence electrons. The minimum Gasteiger partial charge on any atom is -0.494 e. The number of carboxylic acids is 1. The fraction of sp³-hybridized carbons (Fsp3) is 0.222. The Bertz CT molecular complexity index is 425. The molecule has 0 aliphatic rings. The summed E-state index contributed by atoms with van der Waals surface area (Å²) in [6.07, 6.45) is -4.93. The van der Waals surface area contributed by atoms with Gasteiger partial charge in [0.2, 0.25) is 0 Å². The Kier molecular flexibility index (Phi) is 3.06. The van der Waals surface area contributed by atoms with Gasteiger partial charge >= 0.3 is 12.1 Å². The molecule has 0 radical (unpaired) electrons. The molecule has 0 unspecified atom stereocenters. The van der Waals surface area contributed by atoms with E-state index in [9.17, 15) is 22.4 Å². The van der Waals surface area contributed by atoms with E-state index < -0.39 is 34.8 Å². The molecule has 0 amide bonds. The van der Waals surface area contributed by atoms with Gasteiger partial charge in [-0.25, -0.2) is 9.18 Å². The van der Waals surface area contributed by atoms with E-state index in [4.69, 9.17) is 5.11 Å². The van der Waals surface area contributed by atoms with E-state index in [2.05, 4.69) is 4.74 Å². The second-order valence-electron chi connectivity index (χ2n) is 2.81. The van der Waals surface area contributed by atoms with Gasteiger partial charge in [-0.1, -0.05) is 0 Å². The molecule has 0 aliphatic carbocycles. The summed E-state index contributed by atoms with van der Waals surface area (Å²) in [5, 5.41) is 8.53. The molecule has 0 atom stereocenters. The lowest BCUT2D eigenvalue weighted by molar-refractivity contribution is -0.138. The number of methoxy groups -OCH3 is 1. The maximum Gasteiger partial charge on any atom is 0.417 e. The van der Waals surface area contributed by atoms with Gasteiger partial charge in [0.05, 0.1) is 12.7 Å². The molecule has 0 spiro atoms. The number of hydrogen-bond donors (Lipinski definition) is 1. The van der Waals surface area contributed by atoms with Crippen molar-refractivity contribution in [3.8, 4) is 5.75 Å². The number of hydrogen-bond acceptors (Lipinski definition) is 2. The van der Waals surface area contributed by atoms with E-state index in [1.807, 2.05) is 0 Å². The summed E-state index contributed by atoms with van der Waals surface area (Å²) in [5.41, 5.74) is -2.98. The first-order valence-corrected chi connectivity index (χ1v) is 3.96. The molecule has 7 heteroatoms. The molecule has 1 aromatic rings. The van der Waals surface area contributed by atoms with Crippen LogP contribution in [0.3, 0.4) is 0 Å². The number of carbonyl (C=O) groups is 1. The maximum absolute atomic E-state index is 13.3. The van der Waals surface area contributed by atoms with Crippen LogP contribution in [0.2, 0.25) is 0 Å². The highest BCUT2D eigenvalue weighted by Crippen LogP contribution is 2.35. The Morgan fingerprint density at radius 2 is 1.94 bits per heavy atom. The Morgan fingerprint density at radius 3 is 2.31 bits per heavy atom. The number of benzene rings is 1. The van der Waals surface area contributed by atoms with Gasteiger partial charge in [-0.3, -0.25) is 0 Å². The third-order valence-electron chi connectivity index (χ3n) is 1.85. The lowest BCUT2D eigenvalue weighted by Crippen LogP contribution is -2.15. The van der Waals surface area contributed by atoms with Crippen LogP contribution in [-0.2, 0) is 6.18 Å². The Morgan fingerprint density at radius 1 is 1.38 bits per heavy atom. The molecular weight excluding hydrogens is 232 g/mol. The molecule has 0 saturated heterocycles. The zero-order chi connectivity index (χ0) is 12.5. The van der Waals surface area contributed by atoms with Gasteiger partial charge in [-0.15, -0.1) is 0 Å². The molecular formula is C9H6F4O3. The standard InChI is InChI=1S/C9H6F4O3/c1-16-5-3-2-4(9(11,12)13)6(7(5)10)8(14)15/h2-3H,1H3,(H,14,15). The van der Waals surface area contributed by atoms with Crippen molar-refractivity contribution in [2.24, 2.45) is 0 Å². The Balaban J connectivity index is 3.53. The largest absolute Gasteiger partial charge is 0.494 e. The Hall–Kier alpha value is -1.79. The van der Waals surface area contributed by atoms with Crippen LogP contribution in [0.25, 0.3) is 0 Å². The van der Waals surface area contributed by atoms with Crippen LogP contribution < -0.4 is 4.74 Å². The van der Waals surface area contributed by atoms with E-state index in [1.54, 1.807) is 0 Å². The fourth-order valence-corrected chi connectivity index (χ4v) is 1.16. The van der Waals surface area contributed by atoms with Gasteiger partial charge in [0.15, 0.2) is 11.6 Å². The number of alkyl halides is 3. The second-order valence-corrected chi connectivity index (χ2v) is 2.81. The fourth-order valence-electron chi connectivity index (χ4n) is 1.16. The van der Waals surface area contributed by atoms with Gasteiger partial charge in [0.25, 0.3) is 0 Å². The van der Waals surface area contributed by atoms with Crippen LogP contribution in [0.5, 0.6) is 5.75 Å². The highest BCUT2D eigenvalue weighted by atomic mass is 19.4. The van der Waals surface area contributed by atoms with Crippen molar-refractivity contribution in [1.29, 1.82) is 0 Å². The summed E-state index contributed by atoms with van der Waals surface area (Å²) in [7, 11) is 1.03. The Labute approximate surface area is 87.3 Å². The highest BCUT2D eigenvalue weighted by molar-refractivity contribution is 5.90. The predicted octanol–water partition coefficient (Wildman–Crippen LogP) is 2.55. The van der Waals surface area contributed by atoms with Crippen molar-refractivity contribution in [2.45, 2.75) is 6.18 Å². The summed E-state index contributed by atoms with van der Waals surface area (Å²) in [6, 6.07) is 1.19. The minimum atomic E-state index is -4.93. The van der Waals surface area contributed by atoms with Gasteiger partial charge in [-0.05, 0) is 12.1 Å². The van der Waals surface area contributed by atoms with Crippen molar-refractivity contribution in [3.05, 3.63) is 29.1 Å². The molecule has 0 aromatic heterocycles. The van der Waals surface area contributed by atoms with Crippen molar-refractivity contribution in [1.82, 2.24) is 0 Å². The molecule has 16 heavy (non-hydrogen) atoms. The highest BCUT2D eigenvalue weighted by Gasteiger charge is 2.37. The molecule has 0 heterocycles. The van der Waals surface area contributed by atoms with Gasteiger partial charge in [0.1, 0.15) is 5.56 Å². The number of halogens is 4. The smallest absolute Gasteiger partial charge is 0.417 e. The van der Waals surface area contributed by atoms with Crippen LogP contribution in [0.15, 0.2) is 12.1 Å². The summed E-state index contributed by atoms with van der Waals surface area (Å²) < 4.78 is 54.8. The molecule has 0 bridgehead atoms. The first kappa shape index (κ1) is 12.3. The zero-order valence-corrected chi connectivity index (χ0v) is 7.93. The van der Waals surface area contributed by atoms with Crippen LogP contribution in [0, 0.1) is 5.82 Å². The predicted molar refractivity (Wildman–Crippen MR) is 44.9 cm³/mol. The molecule has 0 saturated carbocycles. The van der Waals surface area contributed by atoms with E-state index in [0.717, 1.165) is 13.2 Å². The first-order valence-electron chi connectivity index (χ1n) is 3.96. The molecule has 3 nitrogen and oxygen atoms in total. The quantitative estimate of drug-likeness (QED) is 0.805. The molecule has 1 N–H and O–H groups in total. The third-order valence-corrected chi connectivity index (χ3v) is 1.85. The first-order chi connectivity index (χ1) is 7.29. The minimum absolute atomic E-state index is 0.464. The van der Waals surface area contributed by atoms with Crippen molar-refractivity contribution < 1.29 is 32.2 Å². The lowest BCUT2D eigenvalue weighted by Gasteiger charge is -2.12. The third kappa shape index (κ3) is 2.07. The van der Waals surface area contributed by atoms with Crippen molar-refractivity contribution >= 4 is 5.97 Å². The van der Waals surface area contributed by atoms with E-state index in [0.29, 0.717) is 6.07 Å². The summed E-state index contributed by atoms with van der Waals surface area (Å²) in [5.74, 6) is -4.08. The zero-order valence-electron chi connectivity index (χ0n) is 7.93. The molecule has 1 rings (SSSR count). The van der Waals surface area contributed by atoms with Crippen LogP contribution in [0.1, 0.15) is 15.9 Å². The van der Waals surface area contributed by atoms with Gasteiger partial charge in [-0.2, -0.15) is 13.2 Å². The summed E-state index contributed by atoms with van der Waals surface area (Å²) in [4.78, 5) is 10.6. The topological polar surface area (TPSA) is 46.5 Å². The van der Waals surface area contributed by atoms with E-state index in [-0.39, 0.29) is 0 Å². The number of ether oxygens (including phenoxy) is 1. The lowest BCUT2D eigenvalue weighted by atomic mass is 10.1. The number of carboxylic acid groups (broad SMARTS) is 1. The summed E-state index contributed by atoms with van der Waals surface area (Å²) in [6.45, 7) is 0. The molecule has 0 aliphatic heterocycles. The second kappa shape index (κ2) is 3.99. The number of aromatic carboxylic acids is 1. The SMILES string of the molecule is COc1ccc(C(F)(F)F)c(C(=O)O)c1F. The van der Waals surface area contributed by atoms with Gasteiger partial charge in [0, 0.05) is 0 Å². The number of rotatable bonds is 2. The van der Waals surface area contributed by atoms with Crippen molar-refractivity contribution in [2.75, 3.05) is 7.11 Å². The van der Waals surface area contributed by atoms with E-state index >= 15 is 0 Å². The summed E-state index contributed by atoms with van der Waals surface area (Å²) >= 11 is 0. The van der Waals surface area contributed by atoms with Crippen LogP contribution >= 0.6 is 0 Å². The molecule has 0 fully saturated rings. The van der Waals surface area contributed by atoms with Crippen LogP contribution in [0.4, 0.5) is 17.6 Å². The maximum atomic E-state index is 13.3. The van der Waals surface area contributed by atoms with E-state index in [1.165, 1.54) is 0 Å². The molecule has 1 aromatic carbocycles. The monoisotopic (exact) mass is 238 g/mol. The van der Waals surface area contributed by atoms with Crippen molar-refractivity contribution in [3.63, 3.8) is 0 Å². The van der Waals surface area contributed by atoms with Crippen LogP contribution in [-0.4, -0.2) is 18.2 Å². The normalized spacial score (nSPS) is 11.3.